The fourth-order valence-electron chi connectivity index (χ4n) is 5.25. The molecule has 1 unspecified atom stereocenters. The zero-order chi connectivity index (χ0) is 34.4. The number of allylic oxidation sites excluding steroid dienone is 4. The number of alkyl halides is 3. The summed E-state index contributed by atoms with van der Waals surface area (Å²) in [6, 6.07) is 23.1. The number of rotatable bonds is 1. The summed E-state index contributed by atoms with van der Waals surface area (Å²) in [5.74, 6) is 0.522. The van der Waals surface area contributed by atoms with E-state index in [-0.39, 0.29) is 35.6 Å². The molecule has 256 valence electrons. The molecule has 1 atom stereocenters. The van der Waals surface area contributed by atoms with E-state index in [0.29, 0.717) is 11.3 Å². The van der Waals surface area contributed by atoms with Crippen molar-refractivity contribution in [2.24, 2.45) is 11.3 Å². The van der Waals surface area contributed by atoms with E-state index in [1.807, 2.05) is 0 Å². The summed E-state index contributed by atoms with van der Waals surface area (Å²) >= 11 is 1.30. The van der Waals surface area contributed by atoms with Crippen molar-refractivity contribution in [3.8, 4) is 0 Å². The van der Waals surface area contributed by atoms with Crippen molar-refractivity contribution in [2.45, 2.75) is 99.6 Å². The molecule has 0 radical (unpaired) electrons. The molecule has 0 saturated carbocycles. The summed E-state index contributed by atoms with van der Waals surface area (Å²) in [5, 5.41) is 5.49. The van der Waals surface area contributed by atoms with Crippen molar-refractivity contribution in [3.05, 3.63) is 113 Å². The number of benzene rings is 3. The van der Waals surface area contributed by atoms with E-state index in [1.54, 1.807) is 0 Å². The average molecular weight is 762 g/mol. The second-order valence-corrected chi connectivity index (χ2v) is 14.6. The normalized spacial score (nSPS) is 14.6. The third-order valence-corrected chi connectivity index (χ3v) is 7.79. The van der Waals surface area contributed by atoms with E-state index >= 15 is 0 Å². The molecule has 1 aliphatic rings. The molecular formula is C41H50Cl2F3Zr-3. The molecule has 0 aliphatic heterocycles. The summed E-state index contributed by atoms with van der Waals surface area (Å²) in [5.41, 5.74) is 5.79. The van der Waals surface area contributed by atoms with Crippen LogP contribution in [0.25, 0.3) is 21.5 Å². The molecule has 0 amide bonds. The van der Waals surface area contributed by atoms with E-state index in [4.69, 9.17) is 0 Å². The molecule has 0 N–H and O–H groups in total. The first-order valence-electron chi connectivity index (χ1n) is 15.6. The molecule has 0 nitrogen and oxygen atoms in total. The zero-order valence-corrected chi connectivity index (χ0v) is 33.8. The maximum absolute atomic E-state index is 11.8. The van der Waals surface area contributed by atoms with E-state index < -0.39 is 11.7 Å². The predicted octanol–water partition coefficient (Wildman–Crippen LogP) is 6.53. The molecule has 4 aromatic rings. The minimum absolute atomic E-state index is 0. The van der Waals surface area contributed by atoms with Gasteiger partial charge in [0.15, 0.2) is 0 Å². The van der Waals surface area contributed by atoms with Crippen LogP contribution in [0.4, 0.5) is 13.2 Å². The van der Waals surface area contributed by atoms with Crippen LogP contribution in [0.2, 0.25) is 0 Å². The predicted molar refractivity (Wildman–Crippen MR) is 186 cm³/mol. The Bertz CT molecular complexity index is 1540. The van der Waals surface area contributed by atoms with Crippen molar-refractivity contribution in [3.63, 3.8) is 0 Å². The van der Waals surface area contributed by atoms with Gasteiger partial charge in [0, 0.05) is 0 Å². The molecule has 0 fully saturated rings. The van der Waals surface area contributed by atoms with Crippen LogP contribution in [0.3, 0.4) is 0 Å². The van der Waals surface area contributed by atoms with Gasteiger partial charge in [-0.3, -0.25) is 6.08 Å². The monoisotopic (exact) mass is 759 g/mol. The first-order valence-corrected chi connectivity index (χ1v) is 17.3. The molecule has 6 heteroatoms. The second-order valence-electron chi connectivity index (χ2n) is 14.6. The van der Waals surface area contributed by atoms with E-state index in [2.05, 4.69) is 141 Å². The van der Waals surface area contributed by atoms with Crippen molar-refractivity contribution in [1.29, 1.82) is 0 Å². The molecule has 1 aliphatic carbocycles. The van der Waals surface area contributed by atoms with Crippen LogP contribution in [-0.2, 0) is 41.2 Å². The Morgan fingerprint density at radius 1 is 0.702 bits per heavy atom. The van der Waals surface area contributed by atoms with Crippen molar-refractivity contribution in [2.75, 3.05) is 0 Å². The van der Waals surface area contributed by atoms with Crippen LogP contribution in [0.5, 0.6) is 0 Å². The summed E-state index contributed by atoms with van der Waals surface area (Å²) in [6.07, 6.45) is 2.72. The largest absolute Gasteiger partial charge is 1.00 e. The third-order valence-electron chi connectivity index (χ3n) is 7.79. The van der Waals surface area contributed by atoms with Crippen LogP contribution in [0.1, 0.15) is 99.3 Å². The summed E-state index contributed by atoms with van der Waals surface area (Å²) in [7, 11) is 0. The Morgan fingerprint density at radius 3 is 1.43 bits per heavy atom. The Morgan fingerprint density at radius 2 is 1.13 bits per heavy atom. The van der Waals surface area contributed by atoms with Crippen molar-refractivity contribution < 1.29 is 62.2 Å². The van der Waals surface area contributed by atoms with Gasteiger partial charge in [0.1, 0.15) is 0 Å². The second kappa shape index (κ2) is 18.2. The fraction of sp³-hybridized carbons (Fsp3) is 0.415. The SMILES string of the molecule is CC(C)(C)c1ccc2[cH-]c3ccc(C(C)(C)C)cc3c2c1.CCC1=[C-]C(C)C=C1C(C)(C)C.FC(F)(F)c1cc[c-]cc1.[CH2]=[Zr+2].[Cl-].[Cl-]. The van der Waals surface area contributed by atoms with Gasteiger partial charge in [-0.2, -0.15) is 55.2 Å². The van der Waals surface area contributed by atoms with Gasteiger partial charge < -0.3 is 24.8 Å². The molecule has 0 aromatic heterocycles. The van der Waals surface area contributed by atoms with Gasteiger partial charge in [0.05, 0.1) is 0 Å². The van der Waals surface area contributed by atoms with Gasteiger partial charge in [0.25, 0.3) is 0 Å². The molecule has 0 saturated heterocycles. The van der Waals surface area contributed by atoms with Gasteiger partial charge in [-0.25, -0.2) is 5.57 Å². The molecule has 0 bridgehead atoms. The molecule has 5 rings (SSSR count). The van der Waals surface area contributed by atoms with Crippen LogP contribution in [-0.4, -0.2) is 4.21 Å². The van der Waals surface area contributed by atoms with Crippen molar-refractivity contribution in [1.82, 2.24) is 0 Å². The zero-order valence-electron chi connectivity index (χ0n) is 29.8. The number of halogens is 5. The first kappa shape index (κ1) is 45.1. The maximum atomic E-state index is 11.8. The minimum atomic E-state index is -4.23. The van der Waals surface area contributed by atoms with Gasteiger partial charge in [-0.05, 0) is 10.8 Å². The first-order chi connectivity index (χ1) is 20.7. The maximum Gasteiger partial charge on any atom is -1.00 e. The van der Waals surface area contributed by atoms with Crippen LogP contribution < -0.4 is 24.8 Å². The van der Waals surface area contributed by atoms with Gasteiger partial charge in [-0.1, -0.05) is 135 Å². The van der Waals surface area contributed by atoms with Crippen LogP contribution in [0.15, 0.2) is 84.0 Å². The Hall–Kier alpha value is -1.87. The summed E-state index contributed by atoms with van der Waals surface area (Å²) < 4.78 is 38.7. The van der Waals surface area contributed by atoms with Gasteiger partial charge >= 0.3 is 34.6 Å². The standard InChI is InChI=1S/C21H25.C12H19.C7H4F3.CH2.2ClH.Zr/c1-20(2,3)16-9-7-14-11-15-8-10-17(21(4,5)6)13-19(15)18(14)12-16;1-6-10-7-9(2)8-11(10)12(3,4)5;8-7(9,10)6-4-2-1-3-5-6;;;;/h7-13H,1-6H3;8-9H,6H2,1-5H3;2-5H;1H2;2*1H;/q3*-1;;;;+2/p-2. The van der Waals surface area contributed by atoms with Gasteiger partial charge in [0.2, 0.25) is 0 Å². The number of hydrogen-bond donors (Lipinski definition) is 0. The number of fused-ring (bicyclic) bond motifs is 3. The molecule has 0 spiro atoms. The number of hydrogen-bond acceptors (Lipinski definition) is 0. The molecule has 47 heavy (non-hydrogen) atoms. The molecule has 0 heterocycles. The van der Waals surface area contributed by atoms with Crippen molar-refractivity contribution >= 4 is 25.8 Å². The topological polar surface area (TPSA) is 0 Å². The smallest absolute Gasteiger partial charge is 1.00 e. The minimum Gasteiger partial charge on any atom is -1.00 e. The molecule has 4 aromatic carbocycles. The quantitative estimate of drug-likeness (QED) is 0.194. The Balaban J connectivity index is 0.000000699. The third kappa shape index (κ3) is 12.8. The summed E-state index contributed by atoms with van der Waals surface area (Å²) in [6.45, 7) is 24.9. The van der Waals surface area contributed by atoms with Gasteiger partial charge in [-0.15, -0.1) is 39.7 Å². The van der Waals surface area contributed by atoms with E-state index in [0.717, 1.165) is 18.6 Å². The summed E-state index contributed by atoms with van der Waals surface area (Å²) in [4.78, 5) is 0. The van der Waals surface area contributed by atoms with E-state index in [9.17, 15) is 13.2 Å². The Labute approximate surface area is 309 Å². The average Bonchev–Trinajstić information content (AvgIpc) is 3.53. The van der Waals surface area contributed by atoms with Crippen LogP contribution >= 0.6 is 0 Å². The van der Waals surface area contributed by atoms with E-state index in [1.165, 1.54) is 80.2 Å². The van der Waals surface area contributed by atoms with Crippen LogP contribution in [0, 0.1) is 23.5 Å². The molecular weight excluding hydrogens is 712 g/mol. The Kier molecular flexibility index (Phi) is 17.5. The fourth-order valence-corrected chi connectivity index (χ4v) is 5.25.